The van der Waals surface area contributed by atoms with E-state index in [1.165, 1.54) is 11.3 Å². The van der Waals surface area contributed by atoms with Crippen LogP contribution in [0.4, 0.5) is 5.69 Å². The van der Waals surface area contributed by atoms with E-state index in [4.69, 9.17) is 0 Å². The van der Waals surface area contributed by atoms with Crippen LogP contribution in [-0.4, -0.2) is 29.0 Å². The van der Waals surface area contributed by atoms with Gasteiger partial charge in [0.2, 0.25) is 0 Å². The first-order chi connectivity index (χ1) is 14.1. The smallest absolute Gasteiger partial charge is 0.268 e. The van der Waals surface area contributed by atoms with E-state index in [1.54, 1.807) is 16.7 Å². The zero-order chi connectivity index (χ0) is 20.0. The number of benzene rings is 2. The standard InChI is InChI=1S/C23H20N2O2S2/c1-16-7-2-3-8-17(16)15-24-19-10-5-4-9-18(19)23(22(24)27)25(12-14-29-23)21(26)20-11-6-13-28-20/h2-11,13H,12,14-15H2,1H3. The molecule has 5 rings (SSSR count). The van der Waals surface area contributed by atoms with Crippen molar-refractivity contribution in [2.75, 3.05) is 17.2 Å². The second kappa shape index (κ2) is 7.04. The number of carbonyl (C=O) groups is 2. The maximum atomic E-state index is 13.9. The number of thioether (sulfide) groups is 1. The quantitative estimate of drug-likeness (QED) is 0.620. The Balaban J connectivity index is 1.60. The van der Waals surface area contributed by atoms with Crippen LogP contribution < -0.4 is 4.90 Å². The fourth-order valence-electron chi connectivity index (χ4n) is 4.22. The molecule has 1 spiro atoms. The molecule has 0 radical (unpaired) electrons. The van der Waals surface area contributed by atoms with Crippen molar-refractivity contribution >= 4 is 40.6 Å². The summed E-state index contributed by atoms with van der Waals surface area (Å²) in [6.07, 6.45) is 0. The molecule has 0 saturated carbocycles. The minimum Gasteiger partial charge on any atom is -0.310 e. The Morgan fingerprint density at radius 1 is 1.07 bits per heavy atom. The van der Waals surface area contributed by atoms with Gasteiger partial charge in [-0.2, -0.15) is 0 Å². The first kappa shape index (κ1) is 18.5. The molecule has 29 heavy (non-hydrogen) atoms. The van der Waals surface area contributed by atoms with Gasteiger partial charge < -0.3 is 9.80 Å². The minimum absolute atomic E-state index is 0.0191. The lowest BCUT2D eigenvalue weighted by Gasteiger charge is -2.33. The Kier molecular flexibility index (Phi) is 4.48. The molecular formula is C23H20N2O2S2. The zero-order valence-electron chi connectivity index (χ0n) is 16.0. The summed E-state index contributed by atoms with van der Waals surface area (Å²) in [7, 11) is 0. The summed E-state index contributed by atoms with van der Waals surface area (Å²) < 4.78 is 0. The predicted molar refractivity (Wildman–Crippen MR) is 118 cm³/mol. The van der Waals surface area contributed by atoms with Gasteiger partial charge in [-0.15, -0.1) is 23.1 Å². The van der Waals surface area contributed by atoms with E-state index >= 15 is 0 Å². The molecule has 0 bridgehead atoms. The third-order valence-corrected chi connectivity index (χ3v) is 7.94. The average Bonchev–Trinajstić information content (AvgIpc) is 3.47. The first-order valence-electron chi connectivity index (χ1n) is 9.58. The number of rotatable bonds is 3. The molecule has 2 amide bonds. The van der Waals surface area contributed by atoms with Crippen LogP contribution in [0.3, 0.4) is 0 Å². The summed E-state index contributed by atoms with van der Waals surface area (Å²) in [4.78, 5) is 30.5. The Bertz CT molecular complexity index is 1100. The SMILES string of the molecule is Cc1ccccc1CN1C(=O)C2(SCCN2C(=O)c2cccs2)c2ccccc21. The summed E-state index contributed by atoms with van der Waals surface area (Å²) in [5.41, 5.74) is 4.10. The molecule has 2 aromatic carbocycles. The number of nitrogens with zero attached hydrogens (tertiary/aromatic N) is 2. The van der Waals surface area contributed by atoms with Crippen molar-refractivity contribution in [2.45, 2.75) is 18.3 Å². The molecule has 1 aromatic heterocycles. The molecule has 3 heterocycles. The maximum Gasteiger partial charge on any atom is 0.268 e. The second-order valence-corrected chi connectivity index (χ2v) is 9.50. The van der Waals surface area contributed by atoms with Gasteiger partial charge in [0.05, 0.1) is 17.1 Å². The summed E-state index contributed by atoms with van der Waals surface area (Å²) >= 11 is 3.00. The average molecular weight is 421 g/mol. The van der Waals surface area contributed by atoms with Crippen molar-refractivity contribution in [3.63, 3.8) is 0 Å². The number of thiophene rings is 1. The molecule has 1 unspecified atom stereocenters. The number of fused-ring (bicyclic) bond motifs is 2. The highest BCUT2D eigenvalue weighted by Crippen LogP contribution is 2.54. The molecule has 1 saturated heterocycles. The van der Waals surface area contributed by atoms with Crippen LogP contribution in [-0.2, 0) is 16.2 Å². The van der Waals surface area contributed by atoms with Crippen molar-refractivity contribution < 1.29 is 9.59 Å². The molecule has 1 fully saturated rings. The van der Waals surface area contributed by atoms with Gasteiger partial charge in [-0.25, -0.2) is 0 Å². The van der Waals surface area contributed by atoms with Gasteiger partial charge in [-0.1, -0.05) is 48.5 Å². The molecule has 1 atom stereocenters. The van der Waals surface area contributed by atoms with Crippen LogP contribution in [0.15, 0.2) is 66.0 Å². The van der Waals surface area contributed by atoms with Gasteiger partial charge in [-0.3, -0.25) is 9.59 Å². The fraction of sp³-hybridized carbons (Fsp3) is 0.217. The molecule has 6 heteroatoms. The van der Waals surface area contributed by atoms with E-state index < -0.39 is 4.87 Å². The van der Waals surface area contributed by atoms with E-state index in [-0.39, 0.29) is 11.8 Å². The predicted octanol–water partition coefficient (Wildman–Crippen LogP) is 4.65. The number of para-hydroxylation sites is 1. The van der Waals surface area contributed by atoms with Crippen molar-refractivity contribution in [3.8, 4) is 0 Å². The molecule has 146 valence electrons. The molecule has 3 aromatic rings. The Hall–Kier alpha value is -2.57. The highest BCUT2D eigenvalue weighted by Gasteiger charge is 2.59. The summed E-state index contributed by atoms with van der Waals surface area (Å²) in [6.45, 7) is 3.14. The lowest BCUT2D eigenvalue weighted by Crippen LogP contribution is -2.50. The molecular weight excluding hydrogens is 400 g/mol. The minimum atomic E-state index is -0.972. The summed E-state index contributed by atoms with van der Waals surface area (Å²) in [5.74, 6) is 0.662. The third kappa shape index (κ3) is 2.74. The maximum absolute atomic E-state index is 13.9. The van der Waals surface area contributed by atoms with Crippen molar-refractivity contribution in [3.05, 3.63) is 87.6 Å². The molecule has 0 N–H and O–H groups in total. The lowest BCUT2D eigenvalue weighted by molar-refractivity contribution is -0.123. The number of aryl methyl sites for hydroxylation is 1. The van der Waals surface area contributed by atoms with Crippen LogP contribution in [0.2, 0.25) is 0 Å². The number of amides is 2. The number of hydrogen-bond acceptors (Lipinski definition) is 4. The van der Waals surface area contributed by atoms with E-state index in [9.17, 15) is 9.59 Å². The molecule has 0 aliphatic carbocycles. The first-order valence-corrected chi connectivity index (χ1v) is 11.4. The van der Waals surface area contributed by atoms with Crippen molar-refractivity contribution in [1.29, 1.82) is 0 Å². The Labute approximate surface area is 178 Å². The fourth-order valence-corrected chi connectivity index (χ4v) is 6.35. The van der Waals surface area contributed by atoms with Crippen LogP contribution in [0, 0.1) is 6.92 Å². The molecule has 4 nitrogen and oxygen atoms in total. The van der Waals surface area contributed by atoms with E-state index in [2.05, 4.69) is 19.1 Å². The van der Waals surface area contributed by atoms with Crippen LogP contribution in [0.5, 0.6) is 0 Å². The van der Waals surface area contributed by atoms with E-state index in [0.717, 1.165) is 28.1 Å². The zero-order valence-corrected chi connectivity index (χ0v) is 17.6. The van der Waals surface area contributed by atoms with Crippen LogP contribution in [0.25, 0.3) is 0 Å². The van der Waals surface area contributed by atoms with E-state index in [1.807, 2.05) is 58.8 Å². The normalized spacial score (nSPS) is 20.5. The second-order valence-electron chi connectivity index (χ2n) is 7.26. The van der Waals surface area contributed by atoms with Gasteiger partial charge in [0.25, 0.3) is 11.8 Å². The monoisotopic (exact) mass is 420 g/mol. The number of anilines is 1. The third-order valence-electron chi connectivity index (χ3n) is 5.67. The lowest BCUT2D eigenvalue weighted by atomic mass is 10.1. The number of hydrogen-bond donors (Lipinski definition) is 0. The van der Waals surface area contributed by atoms with Gasteiger partial charge in [0.1, 0.15) is 0 Å². The summed E-state index contributed by atoms with van der Waals surface area (Å²) in [6, 6.07) is 19.8. The highest BCUT2D eigenvalue weighted by atomic mass is 32.2. The number of carbonyl (C=O) groups excluding carboxylic acids is 2. The molecule has 2 aliphatic heterocycles. The van der Waals surface area contributed by atoms with Gasteiger partial charge in [0.15, 0.2) is 4.87 Å². The van der Waals surface area contributed by atoms with Crippen LogP contribution in [0.1, 0.15) is 26.4 Å². The topological polar surface area (TPSA) is 40.6 Å². The molecule has 2 aliphatic rings. The Morgan fingerprint density at radius 2 is 1.86 bits per heavy atom. The largest absolute Gasteiger partial charge is 0.310 e. The van der Waals surface area contributed by atoms with Gasteiger partial charge in [0, 0.05) is 17.9 Å². The van der Waals surface area contributed by atoms with E-state index in [0.29, 0.717) is 18.0 Å². The Morgan fingerprint density at radius 3 is 2.66 bits per heavy atom. The van der Waals surface area contributed by atoms with Gasteiger partial charge in [-0.05, 0) is 35.6 Å². The van der Waals surface area contributed by atoms with Crippen molar-refractivity contribution in [1.82, 2.24) is 4.90 Å². The van der Waals surface area contributed by atoms with Gasteiger partial charge >= 0.3 is 0 Å². The highest BCUT2D eigenvalue weighted by molar-refractivity contribution is 8.01. The van der Waals surface area contributed by atoms with Crippen LogP contribution >= 0.6 is 23.1 Å². The summed E-state index contributed by atoms with van der Waals surface area (Å²) in [5, 5.41) is 1.90. The van der Waals surface area contributed by atoms with Crippen molar-refractivity contribution in [2.24, 2.45) is 0 Å².